The first-order valence-electron chi connectivity index (χ1n) is 4.62. The summed E-state index contributed by atoms with van der Waals surface area (Å²) in [6.45, 7) is 1.75. The maximum atomic E-state index is 11.9. The average Bonchev–Trinajstić information content (AvgIpc) is 2.67. The lowest BCUT2D eigenvalue weighted by Gasteiger charge is -2.02. The largest absolute Gasteiger partial charge is 0.342 e. The second-order valence-corrected chi connectivity index (χ2v) is 3.35. The minimum Gasteiger partial charge on any atom is -0.342 e. The molecule has 0 aliphatic heterocycles. The van der Waals surface area contributed by atoms with Gasteiger partial charge in [0.2, 0.25) is 0 Å². The average molecular weight is 212 g/mol. The van der Waals surface area contributed by atoms with Crippen molar-refractivity contribution in [2.24, 2.45) is 0 Å². The number of H-pyrrole nitrogens is 1. The molecular formula is C11H8N4O. The van der Waals surface area contributed by atoms with Crippen molar-refractivity contribution in [2.75, 3.05) is 0 Å². The molecule has 2 rings (SSSR count). The van der Waals surface area contributed by atoms with E-state index in [4.69, 9.17) is 11.7 Å². The summed E-state index contributed by atoms with van der Waals surface area (Å²) in [5.41, 5.74) is 1.65. The van der Waals surface area contributed by atoms with Crippen LogP contribution < -0.4 is 5.56 Å². The molecule has 0 amide bonds. The Morgan fingerprint density at radius 2 is 2.44 bits per heavy atom. The quantitative estimate of drug-likeness (QED) is 0.694. The third kappa shape index (κ3) is 1.27. The van der Waals surface area contributed by atoms with Gasteiger partial charge in [-0.25, -0.2) is 0 Å². The van der Waals surface area contributed by atoms with Gasteiger partial charge in [-0.3, -0.25) is 4.79 Å². The van der Waals surface area contributed by atoms with Crippen LogP contribution >= 0.6 is 0 Å². The number of aromatic amines is 1. The SMILES string of the molecule is C#CCc1c(C)[nH]c2c(C#N)cnn2c1=O. The minimum atomic E-state index is -0.272. The van der Waals surface area contributed by atoms with E-state index in [-0.39, 0.29) is 12.0 Å². The van der Waals surface area contributed by atoms with E-state index in [1.807, 2.05) is 6.07 Å². The van der Waals surface area contributed by atoms with Crippen molar-refractivity contribution in [3.8, 4) is 18.4 Å². The summed E-state index contributed by atoms with van der Waals surface area (Å²) in [6, 6.07) is 1.96. The summed E-state index contributed by atoms with van der Waals surface area (Å²) in [5.74, 6) is 2.43. The number of nitrogens with one attached hydrogen (secondary N) is 1. The Hall–Kier alpha value is -2.53. The second kappa shape index (κ2) is 3.56. The van der Waals surface area contributed by atoms with Crippen molar-refractivity contribution >= 4 is 5.65 Å². The van der Waals surface area contributed by atoms with Gasteiger partial charge in [0.15, 0.2) is 5.65 Å². The lowest BCUT2D eigenvalue weighted by Crippen LogP contribution is -2.21. The van der Waals surface area contributed by atoms with Gasteiger partial charge in [-0.1, -0.05) is 0 Å². The van der Waals surface area contributed by atoms with Gasteiger partial charge in [0.25, 0.3) is 5.56 Å². The number of aryl methyl sites for hydroxylation is 1. The zero-order valence-corrected chi connectivity index (χ0v) is 8.61. The fourth-order valence-corrected chi connectivity index (χ4v) is 1.56. The van der Waals surface area contributed by atoms with Gasteiger partial charge >= 0.3 is 0 Å². The zero-order chi connectivity index (χ0) is 11.7. The van der Waals surface area contributed by atoms with Crippen LogP contribution in [-0.4, -0.2) is 14.6 Å². The van der Waals surface area contributed by atoms with E-state index >= 15 is 0 Å². The summed E-state index contributed by atoms with van der Waals surface area (Å²) in [6.07, 6.45) is 6.79. The van der Waals surface area contributed by atoms with Crippen molar-refractivity contribution in [1.29, 1.82) is 5.26 Å². The second-order valence-electron chi connectivity index (χ2n) is 3.35. The van der Waals surface area contributed by atoms with E-state index in [1.165, 1.54) is 6.20 Å². The predicted octanol–water partition coefficient (Wildman–Crippen LogP) is 0.378. The van der Waals surface area contributed by atoms with Gasteiger partial charge in [0.05, 0.1) is 11.8 Å². The maximum Gasteiger partial charge on any atom is 0.278 e. The Bertz CT molecular complexity index is 694. The molecule has 2 heterocycles. The van der Waals surface area contributed by atoms with Crippen LogP contribution in [0.15, 0.2) is 11.0 Å². The molecule has 0 atom stereocenters. The molecule has 0 aliphatic rings. The number of nitriles is 1. The number of terminal acetylenes is 1. The Morgan fingerprint density at radius 3 is 3.06 bits per heavy atom. The molecule has 1 N–H and O–H groups in total. The monoisotopic (exact) mass is 212 g/mol. The Balaban J connectivity index is 2.88. The van der Waals surface area contributed by atoms with Crippen LogP contribution in [0.5, 0.6) is 0 Å². The van der Waals surface area contributed by atoms with Gasteiger partial charge in [0, 0.05) is 12.1 Å². The highest BCUT2D eigenvalue weighted by molar-refractivity contribution is 5.54. The number of fused-ring (bicyclic) bond motifs is 1. The molecule has 78 valence electrons. The fraction of sp³-hybridized carbons (Fsp3) is 0.182. The van der Waals surface area contributed by atoms with Crippen LogP contribution in [0, 0.1) is 30.6 Å². The molecule has 0 fully saturated rings. The van der Waals surface area contributed by atoms with Gasteiger partial charge in [0.1, 0.15) is 11.6 Å². The van der Waals surface area contributed by atoms with Gasteiger partial charge in [-0.05, 0) is 6.92 Å². The molecule has 2 aromatic heterocycles. The maximum absolute atomic E-state index is 11.9. The molecule has 2 aromatic rings. The van der Waals surface area contributed by atoms with Crippen LogP contribution in [0.25, 0.3) is 5.65 Å². The van der Waals surface area contributed by atoms with Crippen molar-refractivity contribution in [3.63, 3.8) is 0 Å². The smallest absolute Gasteiger partial charge is 0.278 e. The lowest BCUT2D eigenvalue weighted by molar-refractivity contribution is 0.865. The van der Waals surface area contributed by atoms with Crippen LogP contribution in [0.3, 0.4) is 0 Å². The Labute approximate surface area is 91.3 Å². The minimum absolute atomic E-state index is 0.249. The molecule has 5 heteroatoms. The fourth-order valence-electron chi connectivity index (χ4n) is 1.56. The molecule has 0 saturated heterocycles. The molecule has 0 spiro atoms. The molecule has 0 radical (unpaired) electrons. The normalized spacial score (nSPS) is 9.94. The first-order valence-corrected chi connectivity index (χ1v) is 4.62. The van der Waals surface area contributed by atoms with Gasteiger partial charge in [-0.15, -0.1) is 12.3 Å². The summed E-state index contributed by atoms with van der Waals surface area (Å²) < 4.78 is 1.16. The molecule has 0 unspecified atom stereocenters. The third-order valence-electron chi connectivity index (χ3n) is 2.38. The zero-order valence-electron chi connectivity index (χ0n) is 8.61. The van der Waals surface area contributed by atoms with E-state index in [0.29, 0.717) is 22.5 Å². The first-order chi connectivity index (χ1) is 7.69. The molecule has 16 heavy (non-hydrogen) atoms. The molecule has 0 aromatic carbocycles. The highest BCUT2D eigenvalue weighted by atomic mass is 16.1. The van der Waals surface area contributed by atoms with Crippen molar-refractivity contribution in [2.45, 2.75) is 13.3 Å². The summed E-state index contributed by atoms with van der Waals surface area (Å²) in [4.78, 5) is 14.9. The Kier molecular flexibility index (Phi) is 2.23. The molecule has 0 bridgehead atoms. The van der Waals surface area contributed by atoms with Crippen molar-refractivity contribution in [3.05, 3.63) is 33.4 Å². The summed E-state index contributed by atoms with van der Waals surface area (Å²) in [7, 11) is 0. The lowest BCUT2D eigenvalue weighted by atomic mass is 10.2. The standard InChI is InChI=1S/C11H8N4O/c1-3-4-9-7(2)14-10-8(5-12)6-13-15(10)11(9)16/h1,6,14H,4H2,2H3. The molecule has 0 saturated carbocycles. The number of nitrogens with zero attached hydrogens (tertiary/aromatic N) is 3. The third-order valence-corrected chi connectivity index (χ3v) is 2.38. The molecule has 0 aliphatic carbocycles. The number of hydrogen-bond acceptors (Lipinski definition) is 3. The first kappa shape index (κ1) is 10.0. The van der Waals surface area contributed by atoms with Crippen LogP contribution in [-0.2, 0) is 6.42 Å². The molecule has 5 nitrogen and oxygen atoms in total. The van der Waals surface area contributed by atoms with Gasteiger partial charge in [-0.2, -0.15) is 14.9 Å². The number of aromatic nitrogens is 3. The summed E-state index contributed by atoms with van der Waals surface area (Å²) in [5, 5.41) is 12.7. The highest BCUT2D eigenvalue weighted by Crippen LogP contribution is 2.07. The van der Waals surface area contributed by atoms with Crippen LogP contribution in [0.4, 0.5) is 0 Å². The van der Waals surface area contributed by atoms with Crippen molar-refractivity contribution < 1.29 is 0 Å². The molecular weight excluding hydrogens is 204 g/mol. The predicted molar refractivity (Wildman–Crippen MR) is 57.8 cm³/mol. The van der Waals surface area contributed by atoms with Gasteiger partial charge < -0.3 is 4.98 Å². The topological polar surface area (TPSA) is 73.9 Å². The highest BCUT2D eigenvalue weighted by Gasteiger charge is 2.11. The Morgan fingerprint density at radius 1 is 1.69 bits per heavy atom. The van der Waals surface area contributed by atoms with E-state index in [0.717, 1.165) is 4.52 Å². The number of rotatable bonds is 1. The van der Waals surface area contributed by atoms with E-state index in [9.17, 15) is 4.79 Å². The van der Waals surface area contributed by atoms with E-state index in [2.05, 4.69) is 16.0 Å². The van der Waals surface area contributed by atoms with Crippen LogP contribution in [0.2, 0.25) is 0 Å². The number of hydrogen-bond donors (Lipinski definition) is 1. The van der Waals surface area contributed by atoms with Crippen molar-refractivity contribution in [1.82, 2.24) is 14.6 Å². The summed E-state index contributed by atoms with van der Waals surface area (Å²) >= 11 is 0. The van der Waals surface area contributed by atoms with E-state index < -0.39 is 0 Å². The van der Waals surface area contributed by atoms with E-state index in [1.54, 1.807) is 6.92 Å². The van der Waals surface area contributed by atoms with Crippen LogP contribution in [0.1, 0.15) is 16.8 Å².